The molecule has 7 heteroatoms. The highest BCUT2D eigenvalue weighted by atomic mass is 127. The summed E-state index contributed by atoms with van der Waals surface area (Å²) in [5, 5.41) is 2.95. The number of carbonyl (C=O) groups is 2. The van der Waals surface area contributed by atoms with Gasteiger partial charge in [0.05, 0.1) is 5.02 Å². The van der Waals surface area contributed by atoms with Gasteiger partial charge in [0.2, 0.25) is 0 Å². The van der Waals surface area contributed by atoms with Crippen LogP contribution in [0.4, 0.5) is 10.1 Å². The number of halogens is 3. The summed E-state index contributed by atoms with van der Waals surface area (Å²) in [5.74, 6) is -0.504. The molecule has 1 unspecified atom stereocenters. The molecular weight excluding hydrogens is 488 g/mol. The number of thioether (sulfide) groups is 1. The smallest absolute Gasteiger partial charge is 0.255 e. The molecule has 1 aliphatic rings. The van der Waals surface area contributed by atoms with Crippen molar-refractivity contribution in [3.8, 4) is 0 Å². The van der Waals surface area contributed by atoms with E-state index in [1.807, 2.05) is 12.1 Å². The minimum atomic E-state index is -0.528. The van der Waals surface area contributed by atoms with Crippen LogP contribution in [0.1, 0.15) is 36.0 Å². The molecule has 1 atom stereocenters. The van der Waals surface area contributed by atoms with Crippen molar-refractivity contribution >= 4 is 63.3 Å². The van der Waals surface area contributed by atoms with E-state index < -0.39 is 5.82 Å². The van der Waals surface area contributed by atoms with E-state index >= 15 is 0 Å². The number of Topliss-reactive ketones (excluding diaryl/α,β-unsaturated/α-hetero) is 1. The molecule has 3 rings (SSSR count). The van der Waals surface area contributed by atoms with Crippen LogP contribution in [-0.4, -0.2) is 16.9 Å². The molecule has 0 aromatic heterocycles. The third-order valence-electron chi connectivity index (χ3n) is 4.10. The monoisotopic (exact) mass is 503 g/mol. The molecule has 0 aliphatic heterocycles. The molecule has 26 heavy (non-hydrogen) atoms. The van der Waals surface area contributed by atoms with Gasteiger partial charge in [0, 0.05) is 37.8 Å². The molecule has 0 bridgehead atoms. The van der Waals surface area contributed by atoms with Gasteiger partial charge in [-0.3, -0.25) is 9.59 Å². The van der Waals surface area contributed by atoms with E-state index in [1.54, 1.807) is 17.8 Å². The lowest BCUT2D eigenvalue weighted by Gasteiger charge is -2.21. The molecule has 0 saturated heterocycles. The maximum atomic E-state index is 13.2. The summed E-state index contributed by atoms with van der Waals surface area (Å²) in [4.78, 5) is 25.2. The second-order valence-corrected chi connectivity index (χ2v) is 9.01. The van der Waals surface area contributed by atoms with E-state index in [0.717, 1.165) is 21.3 Å². The first-order chi connectivity index (χ1) is 12.4. The Bertz CT molecular complexity index is 861. The number of hydrogen-bond acceptors (Lipinski definition) is 3. The number of rotatable bonds is 4. The Balaban J connectivity index is 1.74. The summed E-state index contributed by atoms with van der Waals surface area (Å²) in [6, 6.07) is 9.54. The number of hydrogen-bond donors (Lipinski definition) is 1. The van der Waals surface area contributed by atoms with Crippen molar-refractivity contribution in [2.24, 2.45) is 0 Å². The molecule has 2 aromatic carbocycles. The minimum absolute atomic E-state index is 0.0383. The Labute approximate surface area is 174 Å². The topological polar surface area (TPSA) is 46.2 Å². The molecule has 0 heterocycles. The molecule has 3 nitrogen and oxygen atoms in total. The van der Waals surface area contributed by atoms with E-state index in [2.05, 4.69) is 27.9 Å². The van der Waals surface area contributed by atoms with E-state index in [0.29, 0.717) is 29.9 Å². The fourth-order valence-electron chi connectivity index (χ4n) is 2.78. The molecule has 1 aliphatic carbocycles. The first-order valence-corrected chi connectivity index (χ1v) is 10.5. The Morgan fingerprint density at radius 3 is 2.81 bits per heavy atom. The number of amides is 1. The number of benzene rings is 2. The van der Waals surface area contributed by atoms with Gasteiger partial charge in [-0.15, -0.1) is 11.8 Å². The quantitative estimate of drug-likeness (QED) is 0.525. The number of ketones is 1. The highest BCUT2D eigenvalue weighted by Crippen LogP contribution is 2.35. The molecule has 1 saturated carbocycles. The lowest BCUT2D eigenvalue weighted by atomic mass is 9.99. The van der Waals surface area contributed by atoms with Crippen LogP contribution in [0, 0.1) is 9.39 Å². The second-order valence-electron chi connectivity index (χ2n) is 6.10. The summed E-state index contributed by atoms with van der Waals surface area (Å²) < 4.78 is 14.3. The zero-order valence-electron chi connectivity index (χ0n) is 13.7. The van der Waals surface area contributed by atoms with Gasteiger partial charge in [-0.25, -0.2) is 4.39 Å². The van der Waals surface area contributed by atoms with Crippen molar-refractivity contribution in [3.63, 3.8) is 0 Å². The SMILES string of the molecule is O=C1CCCC(Sc2cc(C(=O)Nc3ccc(F)c(Cl)c3)ccc2I)C1. The van der Waals surface area contributed by atoms with Gasteiger partial charge in [0.15, 0.2) is 0 Å². The fraction of sp³-hybridized carbons (Fsp3) is 0.263. The normalized spacial score (nSPS) is 17.2. The van der Waals surface area contributed by atoms with Crippen LogP contribution in [0.15, 0.2) is 41.3 Å². The molecule has 1 amide bonds. The molecule has 136 valence electrons. The summed E-state index contributed by atoms with van der Waals surface area (Å²) in [6.07, 6.45) is 3.21. The Morgan fingerprint density at radius 2 is 2.08 bits per heavy atom. The third-order valence-corrected chi connectivity index (χ3v) is 7.03. The Morgan fingerprint density at radius 1 is 1.27 bits per heavy atom. The number of carbonyl (C=O) groups excluding carboxylic acids is 2. The summed E-state index contributed by atoms with van der Waals surface area (Å²) in [7, 11) is 0. The summed E-state index contributed by atoms with van der Waals surface area (Å²) in [6.45, 7) is 0. The molecule has 1 N–H and O–H groups in total. The van der Waals surface area contributed by atoms with Crippen LogP contribution < -0.4 is 5.32 Å². The maximum Gasteiger partial charge on any atom is 0.255 e. The largest absolute Gasteiger partial charge is 0.322 e. The average Bonchev–Trinajstić information content (AvgIpc) is 2.60. The van der Waals surface area contributed by atoms with Crippen LogP contribution in [0.3, 0.4) is 0 Å². The zero-order valence-corrected chi connectivity index (χ0v) is 17.5. The summed E-state index contributed by atoms with van der Waals surface area (Å²) in [5.41, 5.74) is 0.947. The maximum absolute atomic E-state index is 13.2. The van der Waals surface area contributed by atoms with Crippen LogP contribution >= 0.6 is 46.0 Å². The number of nitrogens with one attached hydrogen (secondary N) is 1. The van der Waals surface area contributed by atoms with Gasteiger partial charge in [-0.1, -0.05) is 11.6 Å². The Hall–Kier alpha value is -1.12. The predicted molar refractivity (Wildman–Crippen MR) is 112 cm³/mol. The zero-order chi connectivity index (χ0) is 18.7. The summed E-state index contributed by atoms with van der Waals surface area (Å²) >= 11 is 9.65. The van der Waals surface area contributed by atoms with Crippen LogP contribution in [0.5, 0.6) is 0 Å². The van der Waals surface area contributed by atoms with Crippen molar-refractivity contribution < 1.29 is 14.0 Å². The minimum Gasteiger partial charge on any atom is -0.322 e. The third kappa shape index (κ3) is 4.98. The van der Waals surface area contributed by atoms with Gasteiger partial charge in [-0.05, 0) is 71.8 Å². The lowest BCUT2D eigenvalue weighted by molar-refractivity contribution is -0.120. The van der Waals surface area contributed by atoms with Gasteiger partial charge in [0.1, 0.15) is 11.6 Å². The van der Waals surface area contributed by atoms with Crippen molar-refractivity contribution in [1.82, 2.24) is 0 Å². The molecule has 0 radical (unpaired) electrons. The van der Waals surface area contributed by atoms with E-state index in [-0.39, 0.29) is 16.2 Å². The van der Waals surface area contributed by atoms with Crippen molar-refractivity contribution in [2.75, 3.05) is 5.32 Å². The van der Waals surface area contributed by atoms with Crippen molar-refractivity contribution in [1.29, 1.82) is 0 Å². The molecular formula is C19H16ClFINO2S. The van der Waals surface area contributed by atoms with Crippen LogP contribution in [0.2, 0.25) is 5.02 Å². The Kier molecular flexibility index (Phi) is 6.58. The fourth-order valence-corrected chi connectivity index (χ4v) is 4.96. The van der Waals surface area contributed by atoms with E-state index in [9.17, 15) is 14.0 Å². The first-order valence-electron chi connectivity index (χ1n) is 8.16. The van der Waals surface area contributed by atoms with Gasteiger partial charge < -0.3 is 5.32 Å². The van der Waals surface area contributed by atoms with Crippen molar-refractivity contribution in [3.05, 3.63) is 56.4 Å². The predicted octanol–water partition coefficient (Wildman–Crippen LogP) is 5.94. The standard InChI is InChI=1S/C19H16ClFINO2S/c20-15-9-12(5-6-16(15)21)23-19(25)11-4-7-17(22)18(8-11)26-14-3-1-2-13(24)10-14/h4-9,14H,1-3,10H2,(H,23,25). The van der Waals surface area contributed by atoms with E-state index in [1.165, 1.54) is 18.2 Å². The second kappa shape index (κ2) is 8.71. The van der Waals surface area contributed by atoms with Gasteiger partial charge in [-0.2, -0.15) is 0 Å². The van der Waals surface area contributed by atoms with Gasteiger partial charge in [0.25, 0.3) is 5.91 Å². The van der Waals surface area contributed by atoms with Crippen LogP contribution in [-0.2, 0) is 4.79 Å². The number of anilines is 1. The van der Waals surface area contributed by atoms with E-state index in [4.69, 9.17) is 11.6 Å². The van der Waals surface area contributed by atoms with Gasteiger partial charge >= 0.3 is 0 Å². The highest BCUT2D eigenvalue weighted by Gasteiger charge is 2.21. The van der Waals surface area contributed by atoms with Crippen molar-refractivity contribution in [2.45, 2.75) is 35.8 Å². The molecule has 0 spiro atoms. The first kappa shape index (κ1) is 19.6. The van der Waals surface area contributed by atoms with Crippen LogP contribution in [0.25, 0.3) is 0 Å². The molecule has 2 aromatic rings. The molecule has 1 fully saturated rings. The lowest BCUT2D eigenvalue weighted by Crippen LogP contribution is -2.17. The highest BCUT2D eigenvalue weighted by molar-refractivity contribution is 14.1. The average molecular weight is 504 g/mol.